The number of hydrogen-bond acceptors (Lipinski definition) is 10. The number of rotatable bonds is 0. The number of hydrogen-bond donors (Lipinski definition) is 2. The van der Waals surface area contributed by atoms with Crippen molar-refractivity contribution in [1.29, 1.82) is 0 Å². The zero-order chi connectivity index (χ0) is 26.6. The first-order chi connectivity index (χ1) is 17.8. The van der Waals surface area contributed by atoms with Gasteiger partial charge in [0.2, 0.25) is 5.79 Å². The van der Waals surface area contributed by atoms with Gasteiger partial charge < -0.3 is 29.2 Å². The second-order valence-electron chi connectivity index (χ2n) is 14.4. The Kier molecular flexibility index (Phi) is 3.48. The van der Waals surface area contributed by atoms with Gasteiger partial charge in [0, 0.05) is 23.2 Å². The van der Waals surface area contributed by atoms with Crippen molar-refractivity contribution < 1.29 is 48.3 Å². The molecule has 5 heterocycles. The molecule has 0 aromatic rings. The van der Waals surface area contributed by atoms with Crippen molar-refractivity contribution in [1.82, 2.24) is 0 Å². The van der Waals surface area contributed by atoms with Gasteiger partial charge in [-0.25, -0.2) is 4.79 Å². The maximum Gasteiger partial charge on any atom is 0.342 e. The first-order valence-electron chi connectivity index (χ1n) is 14.0. The molecule has 10 nitrogen and oxygen atoms in total. The number of ether oxygens (including phenoxy) is 4. The summed E-state index contributed by atoms with van der Waals surface area (Å²) in [7, 11) is 0. The van der Waals surface area contributed by atoms with E-state index in [-0.39, 0.29) is 44.0 Å². The fourth-order valence-corrected chi connectivity index (χ4v) is 11.9. The SMILES string of the molecule is CC12CC3OC(=O)C1COC14OC5(C2C1=O)C(O)(CCC1C4CC(O)C24CC2CC(=O)C14C)C(=O)OC35C. The molecule has 10 heteroatoms. The molecule has 4 saturated carbocycles. The first-order valence-corrected chi connectivity index (χ1v) is 14.0. The third-order valence-electron chi connectivity index (χ3n) is 13.8. The highest BCUT2D eigenvalue weighted by Gasteiger charge is 2.94. The number of Topliss-reactive ketones (excluding diaryl/α,β-unsaturated/α-hetero) is 2. The van der Waals surface area contributed by atoms with Gasteiger partial charge in [0.25, 0.3) is 0 Å². The average molecular weight is 529 g/mol. The zero-order valence-electron chi connectivity index (χ0n) is 21.7. The number of ketones is 2. The quantitative estimate of drug-likeness (QED) is 0.425. The van der Waals surface area contributed by atoms with E-state index in [0.29, 0.717) is 6.42 Å². The molecule has 0 aromatic heterocycles. The fourth-order valence-electron chi connectivity index (χ4n) is 11.9. The maximum absolute atomic E-state index is 14.9. The number of carbonyl (C=O) groups excluding carboxylic acids is 4. The van der Waals surface area contributed by atoms with E-state index in [0.717, 1.165) is 6.42 Å². The van der Waals surface area contributed by atoms with Crippen LogP contribution in [0.1, 0.15) is 59.3 Å². The second kappa shape index (κ2) is 5.78. The van der Waals surface area contributed by atoms with Gasteiger partial charge in [0.1, 0.15) is 11.9 Å². The minimum Gasteiger partial charge on any atom is -0.458 e. The summed E-state index contributed by atoms with van der Waals surface area (Å²) in [4.78, 5) is 55.6. The molecule has 5 saturated heterocycles. The van der Waals surface area contributed by atoms with E-state index in [2.05, 4.69) is 0 Å². The molecule has 204 valence electrons. The normalized spacial score (nSPS) is 66.2. The summed E-state index contributed by atoms with van der Waals surface area (Å²) in [5.41, 5.74) is -8.16. The Hall–Kier alpha value is -1.88. The van der Waals surface area contributed by atoms with Crippen LogP contribution in [0.15, 0.2) is 0 Å². The van der Waals surface area contributed by atoms with Crippen molar-refractivity contribution in [2.75, 3.05) is 6.61 Å². The fraction of sp³-hybridized carbons (Fsp3) is 0.857. The van der Waals surface area contributed by atoms with E-state index in [1.54, 1.807) is 6.92 Å². The highest BCUT2D eigenvalue weighted by atomic mass is 16.8. The molecule has 2 N–H and O–H groups in total. The van der Waals surface area contributed by atoms with Crippen LogP contribution in [0, 0.1) is 45.8 Å². The van der Waals surface area contributed by atoms with E-state index in [1.165, 1.54) is 0 Å². The summed E-state index contributed by atoms with van der Waals surface area (Å²) < 4.78 is 25.1. The van der Waals surface area contributed by atoms with E-state index < -0.39 is 92.4 Å². The van der Waals surface area contributed by atoms with E-state index in [1.807, 2.05) is 13.8 Å². The summed E-state index contributed by atoms with van der Waals surface area (Å²) in [5.74, 6) is -6.64. The summed E-state index contributed by atoms with van der Waals surface area (Å²) in [6.07, 6.45) is 0.0854. The molecule has 14 atom stereocenters. The highest BCUT2D eigenvalue weighted by Crippen LogP contribution is 2.81. The predicted molar refractivity (Wildman–Crippen MR) is 122 cm³/mol. The summed E-state index contributed by atoms with van der Waals surface area (Å²) in [5, 5.41) is 24.0. The highest BCUT2D eigenvalue weighted by molar-refractivity contribution is 5.99. The Morgan fingerprint density at radius 3 is 2.55 bits per heavy atom. The molecule has 0 radical (unpaired) electrons. The Balaban J connectivity index is 1.34. The molecule has 9 fully saturated rings. The lowest BCUT2D eigenvalue weighted by atomic mass is 9.46. The molecular weight excluding hydrogens is 496 g/mol. The molecule has 0 aromatic carbocycles. The van der Waals surface area contributed by atoms with Crippen molar-refractivity contribution in [3.63, 3.8) is 0 Å². The van der Waals surface area contributed by atoms with E-state index in [4.69, 9.17) is 18.9 Å². The van der Waals surface area contributed by atoms with Gasteiger partial charge in [0.15, 0.2) is 22.6 Å². The van der Waals surface area contributed by atoms with Gasteiger partial charge in [0.05, 0.1) is 24.5 Å². The zero-order valence-corrected chi connectivity index (χ0v) is 21.7. The van der Waals surface area contributed by atoms with Crippen LogP contribution in [-0.2, 0) is 38.1 Å². The minimum atomic E-state index is -2.20. The van der Waals surface area contributed by atoms with Crippen LogP contribution in [-0.4, -0.2) is 75.1 Å². The maximum atomic E-state index is 14.9. The van der Waals surface area contributed by atoms with Crippen molar-refractivity contribution in [3.8, 4) is 0 Å². The summed E-state index contributed by atoms with van der Waals surface area (Å²) >= 11 is 0. The predicted octanol–water partition coefficient (Wildman–Crippen LogP) is 0.442. The lowest BCUT2D eigenvalue weighted by Crippen LogP contribution is -2.79. The van der Waals surface area contributed by atoms with Gasteiger partial charge in [-0.3, -0.25) is 14.4 Å². The van der Waals surface area contributed by atoms with Crippen LogP contribution in [0.5, 0.6) is 0 Å². The van der Waals surface area contributed by atoms with Crippen LogP contribution >= 0.6 is 0 Å². The van der Waals surface area contributed by atoms with E-state index >= 15 is 0 Å². The van der Waals surface area contributed by atoms with Crippen molar-refractivity contribution in [3.05, 3.63) is 0 Å². The van der Waals surface area contributed by atoms with Gasteiger partial charge in [-0.1, -0.05) is 13.8 Å². The third-order valence-corrected chi connectivity index (χ3v) is 13.8. The van der Waals surface area contributed by atoms with Gasteiger partial charge in [-0.15, -0.1) is 0 Å². The van der Waals surface area contributed by atoms with Crippen LogP contribution in [0.3, 0.4) is 0 Å². The number of aliphatic hydroxyl groups excluding tert-OH is 1. The second-order valence-corrected chi connectivity index (χ2v) is 14.4. The topological polar surface area (TPSA) is 146 Å². The molecule has 5 aliphatic heterocycles. The average Bonchev–Trinajstić information content (AvgIpc) is 3.38. The molecule has 9 aliphatic rings. The van der Waals surface area contributed by atoms with Crippen LogP contribution < -0.4 is 0 Å². The Morgan fingerprint density at radius 2 is 1.79 bits per heavy atom. The van der Waals surface area contributed by atoms with Gasteiger partial charge in [-0.05, 0) is 56.3 Å². The van der Waals surface area contributed by atoms with Crippen LogP contribution in [0.4, 0.5) is 0 Å². The first kappa shape index (κ1) is 22.9. The molecule has 3 spiro atoms. The molecule has 0 amide bonds. The molecule has 9 rings (SSSR count). The lowest BCUT2D eigenvalue weighted by Gasteiger charge is -2.63. The molecule has 14 unspecified atom stereocenters. The monoisotopic (exact) mass is 528 g/mol. The smallest absolute Gasteiger partial charge is 0.342 e. The number of fused-ring (bicyclic) bond motifs is 4. The number of carbonyl (C=O) groups is 4. The molecule has 4 aliphatic carbocycles. The van der Waals surface area contributed by atoms with Crippen LogP contribution in [0.25, 0.3) is 0 Å². The van der Waals surface area contributed by atoms with Gasteiger partial charge >= 0.3 is 11.9 Å². The van der Waals surface area contributed by atoms with E-state index in [9.17, 15) is 29.4 Å². The summed E-state index contributed by atoms with van der Waals surface area (Å²) in [6.45, 7) is 5.20. The van der Waals surface area contributed by atoms with Crippen LogP contribution in [0.2, 0.25) is 0 Å². The standard InChI is InChI=1S/C28H32O10/c1-22-9-17-24(3)28-18(22)19(31)27(38-28,35-10-14(22)20(32)36-17)13-7-16(30)25-8-11(25)6-15(29)23(25,2)12(13)4-5-26(28,34)21(33)37-24/h11-14,16-18,30,34H,4-10H2,1-3H3. The van der Waals surface area contributed by atoms with Crippen molar-refractivity contribution >= 4 is 23.5 Å². The number of esters is 2. The van der Waals surface area contributed by atoms with Gasteiger partial charge in [-0.2, -0.15) is 0 Å². The Labute approximate surface area is 218 Å². The molecule has 38 heavy (non-hydrogen) atoms. The Morgan fingerprint density at radius 1 is 1.03 bits per heavy atom. The number of aliphatic hydroxyl groups is 2. The van der Waals surface area contributed by atoms with Crippen molar-refractivity contribution in [2.24, 2.45) is 45.8 Å². The minimum absolute atomic E-state index is 0.0453. The lowest BCUT2D eigenvalue weighted by molar-refractivity contribution is -0.379. The van der Waals surface area contributed by atoms with Crippen molar-refractivity contribution in [2.45, 2.75) is 94.1 Å². The summed E-state index contributed by atoms with van der Waals surface area (Å²) in [6, 6.07) is 0. The molecular formula is C28H32O10. The molecule has 5 bridgehead atoms. The Bertz CT molecular complexity index is 1310. The largest absolute Gasteiger partial charge is 0.458 e. The third kappa shape index (κ3) is 1.75.